The molecule has 0 unspecified atom stereocenters. The molecule has 0 saturated carbocycles. The highest BCUT2D eigenvalue weighted by atomic mass is 28.4. The van der Waals surface area contributed by atoms with Crippen LogP contribution in [0, 0.1) is 0 Å². The average Bonchev–Trinajstić information content (AvgIpc) is 3.04. The van der Waals surface area contributed by atoms with Gasteiger partial charge in [-0.2, -0.15) is 0 Å². The SMILES string of the molecule is CCCCCCCCC=CCCCCCCCC(=O)OCCCCCCCC=CCCCCCCCCCCCO[Si](C)(C)C(C)(C)C. The van der Waals surface area contributed by atoms with Gasteiger partial charge in [0, 0.05) is 13.0 Å². The Morgan fingerprint density at radius 3 is 1.21 bits per heavy atom. The lowest BCUT2D eigenvalue weighted by molar-refractivity contribution is -0.143. The maximum absolute atomic E-state index is 12.0. The number of carbonyl (C=O) groups excluding carboxylic acids is 1. The Labute approximate surface area is 303 Å². The zero-order chi connectivity index (χ0) is 35.4. The minimum Gasteiger partial charge on any atom is -0.466 e. The monoisotopic (exact) mass is 691 g/mol. The van der Waals surface area contributed by atoms with E-state index in [9.17, 15) is 4.79 Å². The van der Waals surface area contributed by atoms with E-state index in [4.69, 9.17) is 9.16 Å². The molecule has 0 saturated heterocycles. The lowest BCUT2D eigenvalue weighted by Crippen LogP contribution is -2.40. The molecule has 0 heterocycles. The van der Waals surface area contributed by atoms with Crippen LogP contribution in [0.15, 0.2) is 24.3 Å². The largest absolute Gasteiger partial charge is 0.466 e. The van der Waals surface area contributed by atoms with E-state index >= 15 is 0 Å². The van der Waals surface area contributed by atoms with Crippen LogP contribution < -0.4 is 0 Å². The summed E-state index contributed by atoms with van der Waals surface area (Å²) in [6.07, 6.45) is 47.6. The van der Waals surface area contributed by atoms with Crippen molar-refractivity contribution in [2.45, 2.75) is 238 Å². The fraction of sp³-hybridized carbons (Fsp3) is 0.886. The minimum absolute atomic E-state index is 0.00639. The van der Waals surface area contributed by atoms with Gasteiger partial charge in [-0.05, 0) is 88.8 Å². The second kappa shape index (κ2) is 34.6. The maximum atomic E-state index is 12.0. The number of allylic oxidation sites excluding steroid dienone is 4. The van der Waals surface area contributed by atoms with E-state index in [1.807, 2.05) is 0 Å². The normalized spacial score (nSPS) is 12.5. The molecule has 0 aromatic rings. The third-order valence-electron chi connectivity index (χ3n) is 10.4. The Hall–Kier alpha value is -0.873. The highest BCUT2D eigenvalue weighted by Gasteiger charge is 2.36. The summed E-state index contributed by atoms with van der Waals surface area (Å²) < 4.78 is 11.7. The van der Waals surface area contributed by atoms with Gasteiger partial charge in [0.25, 0.3) is 0 Å². The first-order chi connectivity index (χ1) is 23.2. The molecular formula is C44H86O3Si. The summed E-state index contributed by atoms with van der Waals surface area (Å²) in [6, 6.07) is 0. The fourth-order valence-corrected chi connectivity index (χ4v) is 6.96. The van der Waals surface area contributed by atoms with Crippen molar-refractivity contribution >= 4 is 14.3 Å². The van der Waals surface area contributed by atoms with E-state index < -0.39 is 8.32 Å². The van der Waals surface area contributed by atoms with Crippen molar-refractivity contribution in [1.29, 1.82) is 0 Å². The lowest BCUT2D eigenvalue weighted by Gasteiger charge is -2.36. The topological polar surface area (TPSA) is 35.5 Å². The van der Waals surface area contributed by atoms with Gasteiger partial charge in [0.1, 0.15) is 0 Å². The van der Waals surface area contributed by atoms with Gasteiger partial charge in [0.2, 0.25) is 0 Å². The zero-order valence-corrected chi connectivity index (χ0v) is 34.7. The molecule has 0 spiro atoms. The van der Waals surface area contributed by atoms with Gasteiger partial charge in [0.05, 0.1) is 6.61 Å². The molecule has 0 aliphatic carbocycles. The predicted molar refractivity (Wildman–Crippen MR) is 217 cm³/mol. The molecule has 3 nitrogen and oxygen atoms in total. The summed E-state index contributed by atoms with van der Waals surface area (Å²) in [4.78, 5) is 12.0. The molecule has 48 heavy (non-hydrogen) atoms. The van der Waals surface area contributed by atoms with Crippen molar-refractivity contribution < 1.29 is 14.0 Å². The fourth-order valence-electron chi connectivity index (χ4n) is 5.87. The third kappa shape index (κ3) is 33.6. The molecule has 0 aliphatic heterocycles. The Bertz CT molecular complexity index is 736. The van der Waals surface area contributed by atoms with Crippen LogP contribution in [-0.4, -0.2) is 27.5 Å². The van der Waals surface area contributed by atoms with Crippen LogP contribution >= 0.6 is 0 Å². The van der Waals surface area contributed by atoms with Crippen molar-refractivity contribution in [3.63, 3.8) is 0 Å². The maximum Gasteiger partial charge on any atom is 0.305 e. The van der Waals surface area contributed by atoms with Crippen LogP contribution in [0.1, 0.15) is 220 Å². The summed E-state index contributed by atoms with van der Waals surface area (Å²) in [6.45, 7) is 15.5. The first-order valence-corrected chi connectivity index (χ1v) is 24.2. The molecule has 0 amide bonds. The summed E-state index contributed by atoms with van der Waals surface area (Å²) in [5, 5.41) is 0.327. The second-order valence-corrected chi connectivity index (χ2v) is 21.0. The zero-order valence-electron chi connectivity index (χ0n) is 33.7. The van der Waals surface area contributed by atoms with Crippen molar-refractivity contribution in [2.24, 2.45) is 0 Å². The quantitative estimate of drug-likeness (QED) is 0.0284. The molecule has 0 radical (unpaired) electrons. The van der Waals surface area contributed by atoms with Crippen molar-refractivity contribution in [2.75, 3.05) is 13.2 Å². The number of carbonyl (C=O) groups is 1. The smallest absolute Gasteiger partial charge is 0.305 e. The number of rotatable bonds is 36. The molecule has 0 atom stereocenters. The molecular weight excluding hydrogens is 605 g/mol. The van der Waals surface area contributed by atoms with Gasteiger partial charge < -0.3 is 9.16 Å². The highest BCUT2D eigenvalue weighted by Crippen LogP contribution is 2.36. The standard InChI is InChI=1S/C44H86O3Si/c1-7-8-9-10-11-12-13-14-19-22-25-28-31-34-37-40-43(45)46-41-38-35-32-29-26-23-20-17-15-16-18-21-24-27-30-33-36-39-42-47-48(5,6)44(2,3)4/h14,17,19-20H,7-13,15-16,18,21-42H2,1-6H3. The number of ether oxygens (including phenoxy) is 1. The van der Waals surface area contributed by atoms with Crippen molar-refractivity contribution in [1.82, 2.24) is 0 Å². The number of unbranched alkanes of at least 4 members (excludes halogenated alkanes) is 25. The lowest BCUT2D eigenvalue weighted by atomic mass is 10.1. The third-order valence-corrected chi connectivity index (χ3v) is 14.9. The number of esters is 1. The molecule has 4 heteroatoms. The molecule has 0 aliphatic rings. The summed E-state index contributed by atoms with van der Waals surface area (Å²) in [7, 11) is -1.55. The van der Waals surface area contributed by atoms with E-state index in [2.05, 4.69) is 65.1 Å². The molecule has 284 valence electrons. The molecule has 0 aromatic heterocycles. The van der Waals surface area contributed by atoms with Crippen molar-refractivity contribution in [3.8, 4) is 0 Å². The van der Waals surface area contributed by atoms with Crippen LogP contribution in [0.4, 0.5) is 0 Å². The minimum atomic E-state index is -1.55. The van der Waals surface area contributed by atoms with Gasteiger partial charge in [-0.1, -0.05) is 168 Å². The van der Waals surface area contributed by atoms with Crippen molar-refractivity contribution in [3.05, 3.63) is 24.3 Å². The Balaban J connectivity index is 3.30. The number of hydrogen-bond donors (Lipinski definition) is 0. The van der Waals surface area contributed by atoms with Crippen LogP contribution in [-0.2, 0) is 14.0 Å². The molecule has 0 rings (SSSR count). The van der Waals surface area contributed by atoms with E-state index in [1.54, 1.807) is 0 Å². The van der Waals surface area contributed by atoms with Gasteiger partial charge in [-0.3, -0.25) is 4.79 Å². The Morgan fingerprint density at radius 2 is 0.812 bits per heavy atom. The summed E-state index contributed by atoms with van der Waals surface area (Å²) >= 11 is 0. The van der Waals surface area contributed by atoms with Gasteiger partial charge in [-0.25, -0.2) is 0 Å². The number of hydrogen-bond acceptors (Lipinski definition) is 3. The molecule has 0 aromatic carbocycles. The molecule has 0 bridgehead atoms. The van der Waals surface area contributed by atoms with Gasteiger partial charge >= 0.3 is 5.97 Å². The van der Waals surface area contributed by atoms with E-state index in [1.165, 1.54) is 167 Å². The van der Waals surface area contributed by atoms with Crippen LogP contribution in [0.3, 0.4) is 0 Å². The molecule has 0 N–H and O–H groups in total. The van der Waals surface area contributed by atoms with E-state index in [-0.39, 0.29) is 5.97 Å². The Kier molecular flexibility index (Phi) is 33.9. The van der Waals surface area contributed by atoms with Gasteiger partial charge in [0.15, 0.2) is 8.32 Å². The predicted octanol–water partition coefficient (Wildman–Crippen LogP) is 15.4. The van der Waals surface area contributed by atoms with E-state index in [0.717, 1.165) is 25.9 Å². The van der Waals surface area contributed by atoms with Crippen LogP contribution in [0.5, 0.6) is 0 Å². The van der Waals surface area contributed by atoms with Crippen LogP contribution in [0.25, 0.3) is 0 Å². The van der Waals surface area contributed by atoms with E-state index in [0.29, 0.717) is 18.1 Å². The summed E-state index contributed by atoms with van der Waals surface area (Å²) in [5.41, 5.74) is 0. The van der Waals surface area contributed by atoms with Crippen LogP contribution in [0.2, 0.25) is 18.1 Å². The van der Waals surface area contributed by atoms with Gasteiger partial charge in [-0.15, -0.1) is 0 Å². The first-order valence-electron chi connectivity index (χ1n) is 21.3. The average molecular weight is 691 g/mol. The Morgan fingerprint density at radius 1 is 0.479 bits per heavy atom. The first kappa shape index (κ1) is 47.1. The second-order valence-electron chi connectivity index (χ2n) is 16.2. The summed E-state index contributed by atoms with van der Waals surface area (Å²) in [5.74, 6) is 0.00639. The molecule has 0 fully saturated rings. The highest BCUT2D eigenvalue weighted by molar-refractivity contribution is 6.74.